The zero-order valence-corrected chi connectivity index (χ0v) is 20.7. The lowest BCUT2D eigenvalue weighted by molar-refractivity contribution is -0.129. The molecule has 2 aromatic carbocycles. The largest absolute Gasteiger partial charge is 0.370 e. The van der Waals surface area contributed by atoms with E-state index in [0.717, 1.165) is 28.8 Å². The molecule has 1 aromatic heterocycles. The molecule has 0 saturated carbocycles. The molecule has 0 bridgehead atoms. The van der Waals surface area contributed by atoms with Gasteiger partial charge in [0.25, 0.3) is 0 Å². The van der Waals surface area contributed by atoms with Gasteiger partial charge in [0.2, 0.25) is 11.8 Å². The third-order valence-corrected chi connectivity index (χ3v) is 8.05. The number of benzene rings is 2. The molecular formula is C29H30N2O3S. The maximum atomic E-state index is 12.9. The van der Waals surface area contributed by atoms with Gasteiger partial charge >= 0.3 is 0 Å². The lowest BCUT2D eigenvalue weighted by Crippen LogP contribution is -2.51. The summed E-state index contributed by atoms with van der Waals surface area (Å²) in [6.45, 7) is 3.34. The summed E-state index contributed by atoms with van der Waals surface area (Å²) >= 11 is 1.62. The average Bonchev–Trinajstić information content (AvgIpc) is 3.48. The summed E-state index contributed by atoms with van der Waals surface area (Å²) in [5.41, 5.74) is 3.20. The van der Waals surface area contributed by atoms with Gasteiger partial charge in [0.1, 0.15) is 0 Å². The van der Waals surface area contributed by atoms with Crippen molar-refractivity contribution < 1.29 is 14.3 Å². The van der Waals surface area contributed by atoms with Gasteiger partial charge in [-0.1, -0.05) is 60.7 Å². The Morgan fingerprint density at radius 3 is 2.51 bits per heavy atom. The van der Waals surface area contributed by atoms with Crippen LogP contribution in [0.5, 0.6) is 0 Å². The second-order valence-corrected chi connectivity index (χ2v) is 10.3. The quantitative estimate of drug-likeness (QED) is 0.494. The van der Waals surface area contributed by atoms with Crippen LogP contribution in [0.25, 0.3) is 6.08 Å². The SMILES string of the molecule is CC(=O)N[C@@H]1c2ccccc2C2(CCN(C(=O)C=Cc3cccs3)CC2)[C@H]1OCc1ccccc1. The van der Waals surface area contributed by atoms with Crippen molar-refractivity contribution in [3.05, 3.63) is 99.8 Å². The minimum atomic E-state index is -0.257. The van der Waals surface area contributed by atoms with Crippen LogP contribution in [-0.2, 0) is 26.3 Å². The van der Waals surface area contributed by atoms with E-state index in [0.29, 0.717) is 19.7 Å². The van der Waals surface area contributed by atoms with Crippen molar-refractivity contribution in [1.29, 1.82) is 0 Å². The standard InChI is InChI=1S/C29H30N2O3S/c1-21(32)30-27-24-11-5-6-12-25(24)29(28(27)34-20-22-8-3-2-4-9-22)15-17-31(18-16-29)26(33)14-13-23-10-7-19-35-23/h2-14,19,27-28H,15-18,20H2,1H3,(H,30,32)/t27-,28+/m1/s1. The first kappa shape index (κ1) is 23.5. The van der Waals surface area contributed by atoms with Crippen molar-refractivity contribution in [3.63, 3.8) is 0 Å². The molecule has 180 valence electrons. The molecule has 2 amide bonds. The molecule has 2 heterocycles. The number of carbonyl (C=O) groups excluding carboxylic acids is 2. The van der Waals surface area contributed by atoms with E-state index in [1.807, 2.05) is 52.8 Å². The van der Waals surface area contributed by atoms with Gasteiger partial charge in [-0.2, -0.15) is 0 Å². The zero-order chi connectivity index (χ0) is 24.3. The third-order valence-electron chi connectivity index (χ3n) is 7.21. The van der Waals surface area contributed by atoms with E-state index >= 15 is 0 Å². The smallest absolute Gasteiger partial charge is 0.246 e. The predicted octanol–water partition coefficient (Wildman–Crippen LogP) is 5.10. The number of hydrogen-bond donors (Lipinski definition) is 1. The van der Waals surface area contributed by atoms with E-state index in [1.54, 1.807) is 24.3 Å². The number of thiophene rings is 1. The minimum Gasteiger partial charge on any atom is -0.370 e. The summed E-state index contributed by atoms with van der Waals surface area (Å²) in [7, 11) is 0. The molecule has 1 fully saturated rings. The topological polar surface area (TPSA) is 58.6 Å². The number of piperidine rings is 1. The van der Waals surface area contributed by atoms with Gasteiger partial charge in [0, 0.05) is 36.4 Å². The highest BCUT2D eigenvalue weighted by Gasteiger charge is 2.54. The maximum absolute atomic E-state index is 12.9. The van der Waals surface area contributed by atoms with Crippen molar-refractivity contribution in [2.45, 2.75) is 43.9 Å². The van der Waals surface area contributed by atoms with Gasteiger partial charge in [-0.25, -0.2) is 0 Å². The molecule has 2 aliphatic rings. The molecule has 35 heavy (non-hydrogen) atoms. The molecule has 6 heteroatoms. The van der Waals surface area contributed by atoms with Gasteiger partial charge in [0.05, 0.1) is 18.8 Å². The van der Waals surface area contributed by atoms with E-state index in [9.17, 15) is 9.59 Å². The van der Waals surface area contributed by atoms with Crippen molar-refractivity contribution in [2.75, 3.05) is 13.1 Å². The summed E-state index contributed by atoms with van der Waals surface area (Å²) in [5.74, 6) is -0.0267. The predicted molar refractivity (Wildman–Crippen MR) is 139 cm³/mol. The molecule has 1 N–H and O–H groups in total. The molecule has 5 rings (SSSR count). The fourth-order valence-corrected chi connectivity index (χ4v) is 6.19. The summed E-state index contributed by atoms with van der Waals surface area (Å²) in [5, 5.41) is 5.18. The number of hydrogen-bond acceptors (Lipinski definition) is 4. The van der Waals surface area contributed by atoms with Crippen LogP contribution in [0, 0.1) is 0 Å². The minimum absolute atomic E-state index is 0.0414. The Kier molecular flexibility index (Phi) is 6.84. The monoisotopic (exact) mass is 486 g/mol. The van der Waals surface area contributed by atoms with Crippen LogP contribution < -0.4 is 5.32 Å². The van der Waals surface area contributed by atoms with Gasteiger partial charge in [-0.05, 0) is 47.1 Å². The summed E-state index contributed by atoms with van der Waals surface area (Å²) < 4.78 is 6.64. The van der Waals surface area contributed by atoms with Crippen LogP contribution >= 0.6 is 11.3 Å². The van der Waals surface area contributed by atoms with Crippen LogP contribution in [0.4, 0.5) is 0 Å². The number of rotatable bonds is 6. The molecule has 5 nitrogen and oxygen atoms in total. The second kappa shape index (κ2) is 10.2. The van der Waals surface area contributed by atoms with Gasteiger partial charge < -0.3 is 15.0 Å². The number of fused-ring (bicyclic) bond motifs is 2. The second-order valence-electron chi connectivity index (χ2n) is 9.31. The van der Waals surface area contributed by atoms with E-state index in [-0.39, 0.29) is 29.4 Å². The Labute approximate surface area is 210 Å². The van der Waals surface area contributed by atoms with Crippen LogP contribution in [0.3, 0.4) is 0 Å². The zero-order valence-electron chi connectivity index (χ0n) is 19.9. The number of carbonyl (C=O) groups is 2. The van der Waals surface area contributed by atoms with Crippen molar-refractivity contribution in [1.82, 2.24) is 10.2 Å². The van der Waals surface area contributed by atoms with Gasteiger partial charge in [-0.3, -0.25) is 9.59 Å². The summed E-state index contributed by atoms with van der Waals surface area (Å²) in [6.07, 6.45) is 4.94. The number of nitrogens with one attached hydrogen (secondary N) is 1. The molecule has 1 spiro atoms. The Hall–Kier alpha value is -3.22. The van der Waals surface area contributed by atoms with E-state index in [2.05, 4.69) is 35.6 Å². The molecule has 1 saturated heterocycles. The Morgan fingerprint density at radius 2 is 1.80 bits per heavy atom. The molecule has 2 atom stereocenters. The molecule has 0 radical (unpaired) electrons. The first-order valence-electron chi connectivity index (χ1n) is 12.1. The lowest BCUT2D eigenvalue weighted by Gasteiger charge is -2.44. The number of likely N-dealkylation sites (tertiary alicyclic amines) is 1. The van der Waals surface area contributed by atoms with Gasteiger partial charge in [0.15, 0.2) is 0 Å². The van der Waals surface area contributed by atoms with Crippen molar-refractivity contribution in [3.8, 4) is 0 Å². The normalized spacial score (nSPS) is 20.8. The van der Waals surface area contributed by atoms with Crippen LogP contribution in [-0.4, -0.2) is 35.9 Å². The van der Waals surface area contributed by atoms with Crippen LogP contribution in [0.2, 0.25) is 0 Å². The first-order chi connectivity index (χ1) is 17.1. The third kappa shape index (κ3) is 4.81. The Bertz CT molecular complexity index is 1200. The van der Waals surface area contributed by atoms with Crippen LogP contribution in [0.1, 0.15) is 47.4 Å². The highest BCUT2D eigenvalue weighted by molar-refractivity contribution is 7.10. The number of amides is 2. The van der Waals surface area contributed by atoms with Gasteiger partial charge in [-0.15, -0.1) is 11.3 Å². The Balaban J connectivity index is 1.39. The van der Waals surface area contributed by atoms with Crippen LogP contribution in [0.15, 0.2) is 78.2 Å². The molecule has 3 aromatic rings. The van der Waals surface area contributed by atoms with E-state index in [4.69, 9.17) is 4.74 Å². The first-order valence-corrected chi connectivity index (χ1v) is 13.0. The molecule has 1 aliphatic heterocycles. The summed E-state index contributed by atoms with van der Waals surface area (Å²) in [6, 6.07) is 22.3. The number of nitrogens with zero attached hydrogens (tertiary/aromatic N) is 1. The maximum Gasteiger partial charge on any atom is 0.246 e. The number of ether oxygens (including phenoxy) is 1. The molecular weight excluding hydrogens is 456 g/mol. The average molecular weight is 487 g/mol. The highest BCUT2D eigenvalue weighted by atomic mass is 32.1. The Morgan fingerprint density at radius 1 is 1.06 bits per heavy atom. The fourth-order valence-electron chi connectivity index (χ4n) is 5.57. The fraction of sp³-hybridized carbons (Fsp3) is 0.310. The van der Waals surface area contributed by atoms with Crippen molar-refractivity contribution >= 4 is 29.2 Å². The molecule has 1 aliphatic carbocycles. The highest BCUT2D eigenvalue weighted by Crippen LogP contribution is 2.52. The molecule has 0 unspecified atom stereocenters. The summed E-state index contributed by atoms with van der Waals surface area (Å²) in [4.78, 5) is 28.1. The lowest BCUT2D eigenvalue weighted by atomic mass is 9.71. The van der Waals surface area contributed by atoms with Crippen molar-refractivity contribution in [2.24, 2.45) is 0 Å². The van der Waals surface area contributed by atoms with E-state index < -0.39 is 0 Å². The van der Waals surface area contributed by atoms with E-state index in [1.165, 1.54) is 5.56 Å².